The molecule has 5 aliphatic carbocycles. The fourth-order valence-electron chi connectivity index (χ4n) is 10.5. The van der Waals surface area contributed by atoms with Crippen LogP contribution >= 0.6 is 0 Å². The third kappa shape index (κ3) is 5.91. The summed E-state index contributed by atoms with van der Waals surface area (Å²) in [5.74, 6) is 3.32. The Labute approximate surface area is 237 Å². The van der Waals surface area contributed by atoms with Gasteiger partial charge in [-0.25, -0.2) is 4.85 Å². The molecule has 5 atom stereocenters. The Hall–Kier alpha value is -1.60. The quantitative estimate of drug-likeness (QED) is 0.211. The number of fused-ring (bicyclic) bond motifs is 3. The van der Waals surface area contributed by atoms with Crippen LogP contribution < -0.4 is 0 Å². The largest absolute Gasteiger partial charge is 0.486 e. The van der Waals surface area contributed by atoms with E-state index >= 15 is 0 Å². The van der Waals surface area contributed by atoms with E-state index < -0.39 is 5.97 Å². The van der Waals surface area contributed by atoms with Crippen LogP contribution in [0.4, 0.5) is 0 Å². The van der Waals surface area contributed by atoms with Gasteiger partial charge in [-0.05, 0) is 119 Å². The molecule has 5 unspecified atom stereocenters. The second kappa shape index (κ2) is 12.5. The minimum absolute atomic E-state index is 0.0662. The van der Waals surface area contributed by atoms with Crippen LogP contribution in [0, 0.1) is 42.1 Å². The Morgan fingerprint density at radius 1 is 0.667 bits per heavy atom. The van der Waals surface area contributed by atoms with E-state index in [1.807, 2.05) is 5.57 Å². The monoisotopic (exact) mass is 532 g/mol. The van der Waals surface area contributed by atoms with Gasteiger partial charge < -0.3 is 5.11 Å². The lowest BCUT2D eigenvalue weighted by Crippen LogP contribution is -2.47. The van der Waals surface area contributed by atoms with E-state index in [-0.39, 0.29) is 11.6 Å². The molecule has 0 amide bonds. The van der Waals surface area contributed by atoms with Crippen molar-refractivity contribution in [3.63, 3.8) is 0 Å². The molecular formula is C35H52N2O2. The molecule has 0 spiro atoms. The number of likely N-dealkylation sites (tertiary alicyclic amines) is 1. The smallest absolute Gasteiger partial charge is 0.333 e. The minimum Gasteiger partial charge on any atom is -0.486 e. The standard InChI is InChI=1S/C35H52N2O2/c1-36-32(35(38)39)23-25-17-20-34-31(22-25)29-13-8-14-33(29)37(34)28-18-15-24(16-19-28)21-30(26-9-4-2-5-10-26)27-11-6-3-7-12-27/h21,23-29,31,33-34H,2-20,22H2,(H,38,39)/b32-23-. The first-order valence-corrected chi connectivity index (χ1v) is 16.9. The molecule has 4 nitrogen and oxygen atoms in total. The lowest BCUT2D eigenvalue weighted by molar-refractivity contribution is -0.132. The minimum atomic E-state index is -1.06. The van der Waals surface area contributed by atoms with Gasteiger partial charge in [0, 0.05) is 18.1 Å². The average molecular weight is 533 g/mol. The van der Waals surface area contributed by atoms with E-state index in [4.69, 9.17) is 6.57 Å². The predicted octanol–water partition coefficient (Wildman–Crippen LogP) is 8.79. The molecule has 6 fully saturated rings. The van der Waals surface area contributed by atoms with Crippen LogP contribution in [0.25, 0.3) is 4.85 Å². The number of allylic oxidation sites excluding steroid dienone is 3. The molecule has 214 valence electrons. The van der Waals surface area contributed by atoms with Gasteiger partial charge in [0.2, 0.25) is 0 Å². The number of carboxylic acid groups (broad SMARTS) is 1. The molecule has 1 heterocycles. The van der Waals surface area contributed by atoms with Crippen molar-refractivity contribution >= 4 is 5.97 Å². The highest BCUT2D eigenvalue weighted by Gasteiger charge is 2.54. The van der Waals surface area contributed by atoms with Crippen LogP contribution in [0.1, 0.15) is 128 Å². The van der Waals surface area contributed by atoms with Gasteiger partial charge in [-0.1, -0.05) is 62.7 Å². The highest BCUT2D eigenvalue weighted by Crippen LogP contribution is 2.54. The number of carbonyl (C=O) groups is 1. The van der Waals surface area contributed by atoms with Gasteiger partial charge in [0.25, 0.3) is 5.70 Å². The Balaban J connectivity index is 1.12. The molecular weight excluding hydrogens is 480 g/mol. The molecule has 39 heavy (non-hydrogen) atoms. The van der Waals surface area contributed by atoms with Crippen molar-refractivity contribution in [1.82, 2.24) is 4.90 Å². The third-order valence-corrected chi connectivity index (χ3v) is 12.2. The number of hydrogen-bond acceptors (Lipinski definition) is 2. The van der Waals surface area contributed by atoms with Crippen LogP contribution in [-0.2, 0) is 4.79 Å². The first-order chi connectivity index (χ1) is 19.1. The van der Waals surface area contributed by atoms with E-state index in [2.05, 4.69) is 15.8 Å². The normalized spacial score (nSPS) is 38.5. The van der Waals surface area contributed by atoms with Crippen molar-refractivity contribution in [2.75, 3.05) is 0 Å². The second-order valence-electron chi connectivity index (χ2n) is 14.3. The van der Waals surface area contributed by atoms with Gasteiger partial charge in [0.1, 0.15) is 0 Å². The van der Waals surface area contributed by atoms with Gasteiger partial charge in [0.15, 0.2) is 0 Å². The lowest BCUT2D eigenvalue weighted by Gasteiger charge is -2.43. The maximum absolute atomic E-state index is 11.5. The van der Waals surface area contributed by atoms with E-state index in [1.54, 1.807) is 6.08 Å². The van der Waals surface area contributed by atoms with Crippen LogP contribution in [-0.4, -0.2) is 34.1 Å². The van der Waals surface area contributed by atoms with E-state index in [1.165, 1.54) is 116 Å². The lowest BCUT2D eigenvalue weighted by atomic mass is 9.71. The molecule has 4 heteroatoms. The van der Waals surface area contributed by atoms with Gasteiger partial charge >= 0.3 is 5.97 Å². The average Bonchev–Trinajstić information content (AvgIpc) is 3.57. The van der Waals surface area contributed by atoms with E-state index in [0.717, 1.165) is 48.6 Å². The van der Waals surface area contributed by atoms with Crippen LogP contribution in [0.5, 0.6) is 0 Å². The molecule has 1 saturated heterocycles. The molecule has 6 aliphatic rings. The summed E-state index contributed by atoms with van der Waals surface area (Å²) >= 11 is 0. The first-order valence-electron chi connectivity index (χ1n) is 16.9. The summed E-state index contributed by atoms with van der Waals surface area (Å²) in [6.45, 7) is 7.28. The fourth-order valence-corrected chi connectivity index (χ4v) is 10.5. The number of rotatable bonds is 6. The maximum Gasteiger partial charge on any atom is 0.333 e. The summed E-state index contributed by atoms with van der Waals surface area (Å²) in [5, 5.41) is 9.38. The van der Waals surface area contributed by atoms with Gasteiger partial charge in [-0.2, -0.15) is 0 Å². The third-order valence-electron chi connectivity index (χ3n) is 12.2. The number of carboxylic acids is 1. The number of aliphatic carboxylic acids is 1. The topological polar surface area (TPSA) is 44.9 Å². The van der Waals surface area contributed by atoms with Crippen LogP contribution in [0.15, 0.2) is 23.4 Å². The molecule has 1 N–H and O–H groups in total. The predicted molar refractivity (Wildman–Crippen MR) is 157 cm³/mol. The van der Waals surface area contributed by atoms with Gasteiger partial charge in [-0.15, -0.1) is 0 Å². The first kappa shape index (κ1) is 27.6. The molecule has 0 aromatic rings. The van der Waals surface area contributed by atoms with Crippen LogP contribution in [0.2, 0.25) is 0 Å². The zero-order valence-electron chi connectivity index (χ0n) is 24.2. The molecule has 6 rings (SSSR count). The Kier molecular flexibility index (Phi) is 8.84. The summed E-state index contributed by atoms with van der Waals surface area (Å²) in [4.78, 5) is 17.8. The SMILES string of the molecule is [C-]#[N+]/C(=C\C1CCC2C(C1)C1CCCC1N2C1CCC(C=C(C2CCCCC2)C2CCCCC2)CC1)C(=O)O. The zero-order chi connectivity index (χ0) is 26.8. The van der Waals surface area contributed by atoms with Crippen molar-refractivity contribution in [2.24, 2.45) is 35.5 Å². The highest BCUT2D eigenvalue weighted by atomic mass is 16.4. The summed E-state index contributed by atoms with van der Waals surface area (Å²) in [6.07, 6.45) is 32.2. The zero-order valence-corrected chi connectivity index (χ0v) is 24.2. The molecule has 0 aromatic heterocycles. The van der Waals surface area contributed by atoms with Gasteiger partial charge in [-0.3, -0.25) is 9.69 Å². The Morgan fingerprint density at radius 2 is 1.28 bits per heavy atom. The molecule has 0 aromatic carbocycles. The Morgan fingerprint density at radius 3 is 1.90 bits per heavy atom. The summed E-state index contributed by atoms with van der Waals surface area (Å²) < 4.78 is 0. The summed E-state index contributed by atoms with van der Waals surface area (Å²) in [7, 11) is 0. The molecule has 0 bridgehead atoms. The van der Waals surface area contributed by atoms with Crippen molar-refractivity contribution < 1.29 is 9.90 Å². The fraction of sp³-hybridized carbons (Fsp3) is 0.829. The summed E-state index contributed by atoms with van der Waals surface area (Å²) in [5.41, 5.74) is 1.85. The number of nitrogens with zero attached hydrogens (tertiary/aromatic N) is 2. The molecule has 0 radical (unpaired) electrons. The summed E-state index contributed by atoms with van der Waals surface area (Å²) in [6, 6.07) is 2.22. The van der Waals surface area contributed by atoms with Crippen molar-refractivity contribution in [3.8, 4) is 0 Å². The van der Waals surface area contributed by atoms with Gasteiger partial charge in [0.05, 0.1) is 6.57 Å². The second-order valence-corrected chi connectivity index (χ2v) is 14.3. The molecule has 1 aliphatic heterocycles. The molecule has 5 saturated carbocycles. The van der Waals surface area contributed by atoms with E-state index in [9.17, 15) is 9.90 Å². The number of hydrogen-bond donors (Lipinski definition) is 1. The van der Waals surface area contributed by atoms with E-state index in [0.29, 0.717) is 12.0 Å². The van der Waals surface area contributed by atoms with Crippen molar-refractivity contribution in [1.29, 1.82) is 0 Å². The maximum atomic E-state index is 11.5. The Bertz CT molecular complexity index is 938. The van der Waals surface area contributed by atoms with Crippen LogP contribution in [0.3, 0.4) is 0 Å². The highest BCUT2D eigenvalue weighted by molar-refractivity contribution is 5.88. The van der Waals surface area contributed by atoms with Crippen molar-refractivity contribution in [2.45, 2.75) is 147 Å². The van der Waals surface area contributed by atoms with Crippen molar-refractivity contribution in [3.05, 3.63) is 34.8 Å².